The number of nitrogens with zero attached hydrogens (tertiary/aromatic N) is 5. The standard InChI is InChI=1S/C20H15N5O3/c21-7-12-9-24(18-16(12)8-22-11-23-18)17-6-5-13(28-17)10-25-19(26)14-3-1-2-4-15(14)20(25)27/h1-4,8-9,11,13,17H,5-6,10H2. The van der Waals surface area contributed by atoms with Gasteiger partial charge >= 0.3 is 0 Å². The van der Waals surface area contributed by atoms with E-state index in [1.165, 1.54) is 11.2 Å². The number of carbonyl (C=O) groups is 2. The number of imide groups is 1. The first-order chi connectivity index (χ1) is 13.7. The predicted octanol–water partition coefficient (Wildman–Crippen LogP) is 2.28. The van der Waals surface area contributed by atoms with Crippen LogP contribution in [0.15, 0.2) is 43.0 Å². The Morgan fingerprint density at radius 3 is 2.64 bits per heavy atom. The van der Waals surface area contributed by atoms with Crippen molar-refractivity contribution in [2.75, 3.05) is 6.54 Å². The Morgan fingerprint density at radius 2 is 1.93 bits per heavy atom. The molecule has 0 saturated carbocycles. The van der Waals surface area contributed by atoms with Crippen molar-refractivity contribution in [3.8, 4) is 6.07 Å². The molecule has 0 spiro atoms. The van der Waals surface area contributed by atoms with Crippen molar-refractivity contribution in [2.24, 2.45) is 0 Å². The fourth-order valence-electron chi connectivity index (χ4n) is 3.93. The van der Waals surface area contributed by atoms with Gasteiger partial charge in [-0.3, -0.25) is 14.5 Å². The van der Waals surface area contributed by atoms with Gasteiger partial charge < -0.3 is 9.30 Å². The van der Waals surface area contributed by atoms with Gasteiger partial charge in [0.05, 0.1) is 34.7 Å². The SMILES string of the molecule is N#Cc1cn(C2CCC(CN3C(=O)c4ccccc4C3=O)O2)c2ncncc12. The summed E-state index contributed by atoms with van der Waals surface area (Å²) >= 11 is 0. The maximum absolute atomic E-state index is 12.6. The number of rotatable bonds is 3. The number of carbonyl (C=O) groups excluding carboxylic acids is 2. The Hall–Kier alpha value is -3.57. The van der Waals surface area contributed by atoms with E-state index in [2.05, 4.69) is 16.0 Å². The fraction of sp³-hybridized carbons (Fsp3) is 0.250. The number of hydrogen-bond donors (Lipinski definition) is 0. The van der Waals surface area contributed by atoms with Crippen LogP contribution in [0.4, 0.5) is 0 Å². The van der Waals surface area contributed by atoms with Crippen LogP contribution in [0.25, 0.3) is 11.0 Å². The van der Waals surface area contributed by atoms with E-state index in [0.717, 1.165) is 0 Å². The van der Waals surface area contributed by atoms with Gasteiger partial charge in [-0.15, -0.1) is 0 Å². The van der Waals surface area contributed by atoms with Crippen molar-refractivity contribution in [3.05, 3.63) is 59.7 Å². The molecule has 0 bridgehead atoms. The van der Waals surface area contributed by atoms with Gasteiger partial charge in [-0.1, -0.05) is 12.1 Å². The first kappa shape index (κ1) is 16.6. The van der Waals surface area contributed by atoms with Crippen molar-refractivity contribution in [2.45, 2.75) is 25.2 Å². The zero-order chi connectivity index (χ0) is 19.3. The van der Waals surface area contributed by atoms with Gasteiger partial charge in [-0.2, -0.15) is 5.26 Å². The molecule has 2 aliphatic rings. The van der Waals surface area contributed by atoms with Crippen molar-refractivity contribution in [1.29, 1.82) is 5.26 Å². The lowest BCUT2D eigenvalue weighted by Gasteiger charge is -2.20. The summed E-state index contributed by atoms with van der Waals surface area (Å²) in [6.07, 6.45) is 5.59. The molecular weight excluding hydrogens is 358 g/mol. The third kappa shape index (κ3) is 2.41. The van der Waals surface area contributed by atoms with Crippen LogP contribution in [0.2, 0.25) is 0 Å². The van der Waals surface area contributed by atoms with Crippen molar-refractivity contribution >= 4 is 22.8 Å². The molecule has 1 fully saturated rings. The smallest absolute Gasteiger partial charge is 0.261 e. The number of ether oxygens (including phenoxy) is 1. The summed E-state index contributed by atoms with van der Waals surface area (Å²) in [6, 6.07) is 8.99. The summed E-state index contributed by atoms with van der Waals surface area (Å²) in [5.41, 5.74) is 2.00. The first-order valence-electron chi connectivity index (χ1n) is 8.98. The lowest BCUT2D eigenvalue weighted by molar-refractivity contribution is -0.00739. The van der Waals surface area contributed by atoms with Crippen LogP contribution in [0.5, 0.6) is 0 Å². The van der Waals surface area contributed by atoms with Gasteiger partial charge in [0.2, 0.25) is 0 Å². The highest BCUT2D eigenvalue weighted by Crippen LogP contribution is 2.33. The van der Waals surface area contributed by atoms with Crippen molar-refractivity contribution < 1.29 is 14.3 Å². The molecule has 3 aromatic rings. The van der Waals surface area contributed by atoms with E-state index in [0.29, 0.717) is 40.6 Å². The summed E-state index contributed by atoms with van der Waals surface area (Å²) in [5, 5.41) is 10.0. The van der Waals surface area contributed by atoms with Gasteiger partial charge in [-0.05, 0) is 25.0 Å². The Bertz CT molecular complexity index is 1130. The second-order valence-corrected chi connectivity index (χ2v) is 6.88. The number of nitriles is 1. The molecular formula is C20H15N5O3. The van der Waals surface area contributed by atoms with Crippen LogP contribution < -0.4 is 0 Å². The van der Waals surface area contributed by atoms with Gasteiger partial charge in [0, 0.05) is 12.4 Å². The molecule has 5 rings (SSSR count). The molecule has 2 aliphatic heterocycles. The molecule has 1 saturated heterocycles. The Morgan fingerprint density at radius 1 is 1.18 bits per heavy atom. The molecule has 2 atom stereocenters. The number of fused-ring (bicyclic) bond motifs is 2. The number of amides is 2. The van der Waals surface area contributed by atoms with Crippen LogP contribution in [-0.4, -0.2) is 43.9 Å². The summed E-state index contributed by atoms with van der Waals surface area (Å²) < 4.78 is 7.95. The van der Waals surface area contributed by atoms with Crippen molar-refractivity contribution in [3.63, 3.8) is 0 Å². The topological polar surface area (TPSA) is 101 Å². The minimum absolute atomic E-state index is 0.210. The zero-order valence-corrected chi connectivity index (χ0v) is 14.8. The molecule has 2 aromatic heterocycles. The van der Waals surface area contributed by atoms with Crippen LogP contribution >= 0.6 is 0 Å². The average Bonchev–Trinajstić information content (AvgIpc) is 3.40. The average molecular weight is 373 g/mol. The zero-order valence-electron chi connectivity index (χ0n) is 14.8. The first-order valence-corrected chi connectivity index (χ1v) is 8.98. The fourth-order valence-corrected chi connectivity index (χ4v) is 3.93. The van der Waals surface area contributed by atoms with Crippen molar-refractivity contribution in [1.82, 2.24) is 19.4 Å². The maximum Gasteiger partial charge on any atom is 0.261 e. The Balaban J connectivity index is 1.36. The molecule has 2 unspecified atom stereocenters. The molecule has 1 aromatic carbocycles. The quantitative estimate of drug-likeness (QED) is 0.653. The number of hydrogen-bond acceptors (Lipinski definition) is 6. The molecule has 8 heteroatoms. The molecule has 0 N–H and O–H groups in total. The summed E-state index contributed by atoms with van der Waals surface area (Å²) in [6.45, 7) is 0.210. The molecule has 28 heavy (non-hydrogen) atoms. The lowest BCUT2D eigenvalue weighted by atomic mass is 10.1. The van der Waals surface area contributed by atoms with Crippen LogP contribution in [-0.2, 0) is 4.74 Å². The third-order valence-electron chi connectivity index (χ3n) is 5.27. The van der Waals surface area contributed by atoms with Gasteiger partial charge in [0.1, 0.15) is 24.3 Å². The highest BCUT2D eigenvalue weighted by molar-refractivity contribution is 6.21. The normalized spacial score (nSPS) is 21.3. The van der Waals surface area contributed by atoms with E-state index in [4.69, 9.17) is 4.74 Å². The van der Waals surface area contributed by atoms with E-state index >= 15 is 0 Å². The minimum atomic E-state index is -0.306. The number of aromatic nitrogens is 3. The van der Waals surface area contributed by atoms with Crippen LogP contribution in [0.1, 0.15) is 45.3 Å². The summed E-state index contributed by atoms with van der Waals surface area (Å²) in [7, 11) is 0. The molecule has 8 nitrogen and oxygen atoms in total. The molecule has 138 valence electrons. The van der Waals surface area contributed by atoms with Crippen LogP contribution in [0, 0.1) is 11.3 Å². The van der Waals surface area contributed by atoms with Crippen LogP contribution in [0.3, 0.4) is 0 Å². The lowest BCUT2D eigenvalue weighted by Crippen LogP contribution is -2.36. The summed E-state index contributed by atoms with van der Waals surface area (Å²) in [5.74, 6) is -0.558. The second-order valence-electron chi connectivity index (χ2n) is 6.88. The maximum atomic E-state index is 12.6. The second kappa shape index (κ2) is 6.25. The van der Waals surface area contributed by atoms with E-state index < -0.39 is 0 Å². The molecule has 4 heterocycles. The molecule has 2 amide bonds. The molecule has 0 radical (unpaired) electrons. The summed E-state index contributed by atoms with van der Waals surface area (Å²) in [4.78, 5) is 34.6. The molecule has 0 aliphatic carbocycles. The Labute approximate surface area is 160 Å². The van der Waals surface area contributed by atoms with E-state index in [1.807, 2.05) is 4.57 Å². The highest BCUT2D eigenvalue weighted by Gasteiger charge is 2.38. The van der Waals surface area contributed by atoms with Gasteiger partial charge in [0.25, 0.3) is 11.8 Å². The van der Waals surface area contributed by atoms with E-state index in [9.17, 15) is 14.9 Å². The largest absolute Gasteiger partial charge is 0.353 e. The Kier molecular flexibility index (Phi) is 3.70. The number of benzene rings is 1. The predicted molar refractivity (Wildman–Crippen MR) is 97.2 cm³/mol. The van der Waals surface area contributed by atoms with E-state index in [1.54, 1.807) is 36.7 Å². The third-order valence-corrected chi connectivity index (χ3v) is 5.27. The minimum Gasteiger partial charge on any atom is -0.353 e. The van der Waals surface area contributed by atoms with Gasteiger partial charge in [-0.25, -0.2) is 9.97 Å². The van der Waals surface area contributed by atoms with Gasteiger partial charge in [0.15, 0.2) is 0 Å². The van der Waals surface area contributed by atoms with E-state index in [-0.39, 0.29) is 30.7 Å². The highest BCUT2D eigenvalue weighted by atomic mass is 16.5. The monoisotopic (exact) mass is 373 g/mol.